The molecule has 0 aliphatic rings. The van der Waals surface area contributed by atoms with Crippen molar-refractivity contribution in [1.29, 1.82) is 0 Å². The number of ketones is 2. The number of rotatable bonds is 8. The molecule has 1 heterocycles. The molecule has 1 aromatic carbocycles. The molecule has 0 aliphatic heterocycles. The lowest BCUT2D eigenvalue weighted by Crippen LogP contribution is -2.25. The van der Waals surface area contributed by atoms with Crippen molar-refractivity contribution in [2.45, 2.75) is 33.8 Å². The maximum absolute atomic E-state index is 12.8. The van der Waals surface area contributed by atoms with Crippen LogP contribution in [0, 0.1) is 13.8 Å². The fraction of sp³-hybridized carbons (Fsp3) is 0.381. The van der Waals surface area contributed by atoms with Gasteiger partial charge in [-0.2, -0.15) is 0 Å². The largest absolute Gasteiger partial charge is 0.493 e. The monoisotopic (exact) mass is 403 g/mol. The van der Waals surface area contributed by atoms with Gasteiger partial charge in [0.25, 0.3) is 0 Å². The Morgan fingerprint density at radius 3 is 2.07 bits per heavy atom. The minimum atomic E-state index is -1.09. The van der Waals surface area contributed by atoms with Crippen LogP contribution in [0.1, 0.15) is 56.3 Å². The number of methoxy groups -OCH3 is 3. The number of Topliss-reactive ketones (excluding diaryl/α,β-unsaturated/α-hetero) is 2. The van der Waals surface area contributed by atoms with E-state index in [1.165, 1.54) is 41.2 Å². The van der Waals surface area contributed by atoms with E-state index in [0.29, 0.717) is 22.6 Å². The second kappa shape index (κ2) is 8.81. The number of esters is 1. The van der Waals surface area contributed by atoms with Crippen LogP contribution >= 0.6 is 0 Å². The van der Waals surface area contributed by atoms with Gasteiger partial charge in [0.15, 0.2) is 23.4 Å². The van der Waals surface area contributed by atoms with Gasteiger partial charge in [0, 0.05) is 11.3 Å². The van der Waals surface area contributed by atoms with Gasteiger partial charge >= 0.3 is 5.97 Å². The van der Waals surface area contributed by atoms with Gasteiger partial charge in [0.2, 0.25) is 11.5 Å². The molecule has 2 aromatic rings. The van der Waals surface area contributed by atoms with Crippen molar-refractivity contribution < 1.29 is 33.3 Å². The fourth-order valence-electron chi connectivity index (χ4n) is 3.27. The van der Waals surface area contributed by atoms with Crippen LogP contribution < -0.4 is 14.2 Å². The van der Waals surface area contributed by atoms with Gasteiger partial charge < -0.3 is 23.9 Å². The first-order valence-electron chi connectivity index (χ1n) is 8.92. The molecule has 8 heteroatoms. The molecule has 0 amide bonds. The van der Waals surface area contributed by atoms with E-state index in [4.69, 9.17) is 18.9 Å². The minimum absolute atomic E-state index is 0.0913. The summed E-state index contributed by atoms with van der Waals surface area (Å²) < 4.78 is 21.1. The van der Waals surface area contributed by atoms with E-state index in [-0.39, 0.29) is 28.5 Å². The Labute approximate surface area is 169 Å². The second-order valence-corrected chi connectivity index (χ2v) is 6.47. The number of nitrogens with one attached hydrogen (secondary N) is 1. The molecule has 156 valence electrons. The van der Waals surface area contributed by atoms with Crippen LogP contribution in [-0.4, -0.2) is 50.0 Å². The summed E-state index contributed by atoms with van der Waals surface area (Å²) in [6, 6.07) is 3.01. The molecule has 0 bridgehead atoms. The van der Waals surface area contributed by atoms with Crippen LogP contribution in [0.2, 0.25) is 0 Å². The fourth-order valence-corrected chi connectivity index (χ4v) is 3.27. The van der Waals surface area contributed by atoms with Crippen molar-refractivity contribution in [3.8, 4) is 17.2 Å². The molecule has 1 atom stereocenters. The van der Waals surface area contributed by atoms with Crippen molar-refractivity contribution in [2.75, 3.05) is 21.3 Å². The average Bonchev–Trinajstić information content (AvgIpc) is 2.99. The lowest BCUT2D eigenvalue weighted by molar-refractivity contribution is 0.0313. The Balaban J connectivity index is 2.31. The van der Waals surface area contributed by atoms with Crippen molar-refractivity contribution in [2.24, 2.45) is 0 Å². The molecule has 0 fully saturated rings. The van der Waals surface area contributed by atoms with Gasteiger partial charge in [0.05, 0.1) is 27.0 Å². The molecule has 0 aliphatic carbocycles. The first kappa shape index (κ1) is 22.0. The Morgan fingerprint density at radius 2 is 1.59 bits per heavy atom. The third-order valence-corrected chi connectivity index (χ3v) is 4.61. The quantitative estimate of drug-likeness (QED) is 0.533. The van der Waals surface area contributed by atoms with Crippen molar-refractivity contribution in [3.05, 3.63) is 40.2 Å². The van der Waals surface area contributed by atoms with Crippen LogP contribution in [0.5, 0.6) is 17.2 Å². The number of aryl methyl sites for hydroxylation is 1. The van der Waals surface area contributed by atoms with E-state index in [1.807, 2.05) is 0 Å². The van der Waals surface area contributed by atoms with Crippen molar-refractivity contribution in [3.63, 3.8) is 0 Å². The summed E-state index contributed by atoms with van der Waals surface area (Å²) in [5.41, 5.74) is 1.93. The number of H-pyrrole nitrogens is 1. The van der Waals surface area contributed by atoms with Gasteiger partial charge in [-0.1, -0.05) is 0 Å². The molecular weight excluding hydrogens is 378 g/mol. The number of carbonyl (C=O) groups is 3. The van der Waals surface area contributed by atoms with Crippen LogP contribution in [0.15, 0.2) is 12.1 Å². The zero-order chi connectivity index (χ0) is 21.9. The van der Waals surface area contributed by atoms with Gasteiger partial charge in [-0.05, 0) is 45.4 Å². The minimum Gasteiger partial charge on any atom is -0.493 e. The third-order valence-electron chi connectivity index (χ3n) is 4.61. The number of hydrogen-bond acceptors (Lipinski definition) is 7. The van der Waals surface area contributed by atoms with Crippen LogP contribution in [0.4, 0.5) is 0 Å². The van der Waals surface area contributed by atoms with Crippen molar-refractivity contribution >= 4 is 17.5 Å². The highest BCUT2D eigenvalue weighted by Crippen LogP contribution is 2.40. The first-order valence-corrected chi connectivity index (χ1v) is 8.92. The molecular formula is C21H25NO7. The van der Waals surface area contributed by atoms with Crippen molar-refractivity contribution in [1.82, 2.24) is 4.98 Å². The van der Waals surface area contributed by atoms with Crippen LogP contribution in [0.25, 0.3) is 0 Å². The molecule has 0 saturated heterocycles. The van der Waals surface area contributed by atoms with Crippen LogP contribution in [0.3, 0.4) is 0 Å². The number of hydrogen-bond donors (Lipinski definition) is 1. The van der Waals surface area contributed by atoms with Crippen LogP contribution in [-0.2, 0) is 4.74 Å². The molecule has 0 saturated carbocycles. The summed E-state index contributed by atoms with van der Waals surface area (Å²) in [7, 11) is 4.27. The number of ether oxygens (including phenoxy) is 4. The number of aromatic amines is 1. The zero-order valence-corrected chi connectivity index (χ0v) is 17.6. The molecule has 1 N–H and O–H groups in total. The first-order chi connectivity index (χ1) is 13.7. The summed E-state index contributed by atoms with van der Waals surface area (Å²) >= 11 is 0. The Kier molecular flexibility index (Phi) is 6.68. The lowest BCUT2D eigenvalue weighted by Gasteiger charge is -2.17. The highest BCUT2D eigenvalue weighted by Gasteiger charge is 2.28. The molecule has 0 unspecified atom stereocenters. The van der Waals surface area contributed by atoms with E-state index in [9.17, 15) is 14.4 Å². The number of benzene rings is 1. The van der Waals surface area contributed by atoms with Gasteiger partial charge in [0.1, 0.15) is 5.56 Å². The van der Waals surface area contributed by atoms with Gasteiger partial charge in [-0.15, -0.1) is 0 Å². The normalized spacial score (nSPS) is 11.6. The molecule has 0 spiro atoms. The predicted octanol–water partition coefficient (Wildman–Crippen LogP) is 3.29. The second-order valence-electron chi connectivity index (χ2n) is 6.47. The maximum Gasteiger partial charge on any atom is 0.342 e. The smallest absolute Gasteiger partial charge is 0.342 e. The standard InChI is InChI=1S/C21H25NO7/c1-10-16(12(3)23)11(2)22-17(10)18(24)13(4)29-21(25)14-8-9-15(26-5)20(28-7)19(14)27-6/h8-9,13,22H,1-7H3/t13-/m1/s1. The average molecular weight is 403 g/mol. The SMILES string of the molecule is COc1ccc(C(=O)O[C@H](C)C(=O)c2[nH]c(C)c(C(C)=O)c2C)c(OC)c1OC. The third kappa shape index (κ3) is 4.11. The lowest BCUT2D eigenvalue weighted by atomic mass is 10.0. The van der Waals surface area contributed by atoms with E-state index >= 15 is 0 Å². The maximum atomic E-state index is 12.8. The molecule has 8 nitrogen and oxygen atoms in total. The molecule has 0 radical (unpaired) electrons. The number of aromatic nitrogens is 1. The summed E-state index contributed by atoms with van der Waals surface area (Å²) in [4.78, 5) is 40.2. The van der Waals surface area contributed by atoms with E-state index in [0.717, 1.165) is 0 Å². The Morgan fingerprint density at radius 1 is 0.966 bits per heavy atom. The number of carbonyl (C=O) groups excluding carboxylic acids is 3. The Hall–Kier alpha value is -3.29. The van der Waals surface area contributed by atoms with E-state index < -0.39 is 17.9 Å². The summed E-state index contributed by atoms with van der Waals surface area (Å²) in [6.45, 7) is 6.30. The van der Waals surface area contributed by atoms with E-state index in [2.05, 4.69) is 4.98 Å². The topological polar surface area (TPSA) is 104 Å². The highest BCUT2D eigenvalue weighted by atomic mass is 16.6. The zero-order valence-electron chi connectivity index (χ0n) is 17.6. The highest BCUT2D eigenvalue weighted by molar-refractivity contribution is 6.06. The van der Waals surface area contributed by atoms with E-state index in [1.54, 1.807) is 19.9 Å². The summed E-state index contributed by atoms with van der Waals surface area (Å²) in [5.74, 6) is -0.566. The molecule has 1 aromatic heterocycles. The Bertz CT molecular complexity index is 958. The predicted molar refractivity (Wildman–Crippen MR) is 106 cm³/mol. The molecule has 2 rings (SSSR count). The van der Waals surface area contributed by atoms with Gasteiger partial charge in [-0.25, -0.2) is 4.79 Å². The molecule has 29 heavy (non-hydrogen) atoms. The van der Waals surface area contributed by atoms with Gasteiger partial charge in [-0.3, -0.25) is 9.59 Å². The summed E-state index contributed by atoms with van der Waals surface area (Å²) in [5, 5.41) is 0. The summed E-state index contributed by atoms with van der Waals surface area (Å²) in [6.07, 6.45) is -1.09.